The van der Waals surface area contributed by atoms with Crippen LogP contribution in [-0.2, 0) is 17.9 Å². The smallest absolute Gasteiger partial charge is 0.244 e. The quantitative estimate of drug-likeness (QED) is 0.882. The van der Waals surface area contributed by atoms with Gasteiger partial charge >= 0.3 is 0 Å². The maximum Gasteiger partial charge on any atom is 0.244 e. The first-order valence-corrected chi connectivity index (χ1v) is 7.95. The molecule has 0 unspecified atom stereocenters. The van der Waals surface area contributed by atoms with Crippen LogP contribution in [0.5, 0.6) is 0 Å². The number of benzene rings is 1. The number of aromatic nitrogens is 2. The third kappa shape index (κ3) is 4.56. The summed E-state index contributed by atoms with van der Waals surface area (Å²) < 4.78 is 1.61. The highest BCUT2D eigenvalue weighted by Crippen LogP contribution is 2.19. The third-order valence-electron chi connectivity index (χ3n) is 3.63. The van der Waals surface area contributed by atoms with Gasteiger partial charge in [0.1, 0.15) is 6.54 Å². The summed E-state index contributed by atoms with van der Waals surface area (Å²) in [6, 6.07) is 9.72. The Bertz CT molecular complexity index is 668. The summed E-state index contributed by atoms with van der Waals surface area (Å²) in [7, 11) is 0. The van der Waals surface area contributed by atoms with Gasteiger partial charge in [-0.2, -0.15) is 5.10 Å². The molecule has 124 valence electrons. The molecule has 2 rings (SSSR count). The second kappa shape index (κ2) is 7.62. The van der Waals surface area contributed by atoms with Crippen molar-refractivity contribution in [3.63, 3.8) is 0 Å². The molecule has 0 fully saturated rings. The molecule has 0 bridgehead atoms. The fraction of sp³-hybridized carbons (Fsp3) is 0.412. The van der Waals surface area contributed by atoms with Crippen molar-refractivity contribution in [2.24, 2.45) is 0 Å². The normalized spacial score (nSPS) is 12.2. The lowest BCUT2D eigenvalue weighted by Crippen LogP contribution is -2.38. The molecule has 6 heteroatoms. The van der Waals surface area contributed by atoms with Gasteiger partial charge in [0.05, 0.1) is 22.5 Å². The summed E-state index contributed by atoms with van der Waals surface area (Å²) in [5.41, 5.74) is 2.50. The Hall–Kier alpha value is -1.85. The number of aryl methyl sites for hydroxylation is 1. The predicted molar refractivity (Wildman–Crippen MR) is 90.3 cm³/mol. The fourth-order valence-corrected chi connectivity index (χ4v) is 2.57. The molecule has 0 aliphatic heterocycles. The molecular formula is C17H22ClN3O2. The summed E-state index contributed by atoms with van der Waals surface area (Å²) in [6.45, 7) is 6.17. The number of hydrogen-bond donors (Lipinski definition) is 1. The third-order valence-corrected chi connectivity index (χ3v) is 4.18. The fourth-order valence-electron chi connectivity index (χ4n) is 2.43. The van der Waals surface area contributed by atoms with Gasteiger partial charge in [-0.1, -0.05) is 41.9 Å². The van der Waals surface area contributed by atoms with Crippen molar-refractivity contribution in [2.45, 2.75) is 40.0 Å². The summed E-state index contributed by atoms with van der Waals surface area (Å²) in [5, 5.41) is 14.6. The maximum atomic E-state index is 12.6. The second-order valence-corrected chi connectivity index (χ2v) is 6.13. The predicted octanol–water partition coefficient (Wildman–Crippen LogP) is 2.56. The zero-order chi connectivity index (χ0) is 17.0. The Morgan fingerprint density at radius 1 is 1.35 bits per heavy atom. The van der Waals surface area contributed by atoms with Crippen LogP contribution in [-0.4, -0.2) is 38.3 Å². The van der Waals surface area contributed by atoms with Crippen molar-refractivity contribution in [2.75, 3.05) is 6.54 Å². The monoisotopic (exact) mass is 335 g/mol. The lowest BCUT2D eigenvalue weighted by molar-refractivity contribution is -0.134. The van der Waals surface area contributed by atoms with E-state index in [9.17, 15) is 9.90 Å². The SMILES string of the molecule is Cc1nn(CC(=O)N(Cc2ccccc2)C[C@@H](C)O)c(C)c1Cl. The van der Waals surface area contributed by atoms with E-state index in [0.717, 1.165) is 11.3 Å². The topological polar surface area (TPSA) is 58.4 Å². The van der Waals surface area contributed by atoms with Gasteiger partial charge in [-0.15, -0.1) is 0 Å². The average Bonchev–Trinajstić information content (AvgIpc) is 2.74. The van der Waals surface area contributed by atoms with Gasteiger partial charge in [-0.3, -0.25) is 9.48 Å². The second-order valence-electron chi connectivity index (χ2n) is 5.75. The van der Waals surface area contributed by atoms with Crippen molar-refractivity contribution in [3.8, 4) is 0 Å². The molecule has 0 radical (unpaired) electrons. The van der Waals surface area contributed by atoms with Crippen LogP contribution in [0.2, 0.25) is 5.02 Å². The van der Waals surface area contributed by atoms with E-state index in [0.29, 0.717) is 17.3 Å². The van der Waals surface area contributed by atoms with Crippen molar-refractivity contribution >= 4 is 17.5 Å². The number of carbonyl (C=O) groups excluding carboxylic acids is 1. The Morgan fingerprint density at radius 2 is 2.00 bits per heavy atom. The molecule has 5 nitrogen and oxygen atoms in total. The van der Waals surface area contributed by atoms with Crippen molar-refractivity contribution in [1.82, 2.24) is 14.7 Å². The van der Waals surface area contributed by atoms with Crippen LogP contribution in [0.3, 0.4) is 0 Å². The lowest BCUT2D eigenvalue weighted by atomic mass is 10.2. The molecule has 0 saturated heterocycles. The van der Waals surface area contributed by atoms with Crippen LogP contribution in [0.1, 0.15) is 23.9 Å². The number of aliphatic hydroxyl groups excluding tert-OH is 1. The number of amides is 1. The summed E-state index contributed by atoms with van der Waals surface area (Å²) in [4.78, 5) is 14.3. The maximum absolute atomic E-state index is 12.6. The first-order valence-electron chi connectivity index (χ1n) is 7.57. The van der Waals surface area contributed by atoms with E-state index >= 15 is 0 Å². The molecule has 1 N–H and O–H groups in total. The summed E-state index contributed by atoms with van der Waals surface area (Å²) in [6.07, 6.45) is -0.591. The van der Waals surface area contributed by atoms with Crippen molar-refractivity contribution in [1.29, 1.82) is 0 Å². The first kappa shape index (κ1) is 17.5. The molecule has 1 aromatic carbocycles. The minimum atomic E-state index is -0.591. The van der Waals surface area contributed by atoms with Crippen molar-refractivity contribution in [3.05, 3.63) is 52.3 Å². The van der Waals surface area contributed by atoms with Gasteiger partial charge in [0.15, 0.2) is 0 Å². The van der Waals surface area contributed by atoms with E-state index in [1.165, 1.54) is 0 Å². The first-order chi connectivity index (χ1) is 10.9. The lowest BCUT2D eigenvalue weighted by Gasteiger charge is -2.24. The zero-order valence-corrected chi connectivity index (χ0v) is 14.4. The largest absolute Gasteiger partial charge is 0.392 e. The molecule has 1 amide bonds. The Morgan fingerprint density at radius 3 is 2.52 bits per heavy atom. The van der Waals surface area contributed by atoms with E-state index in [2.05, 4.69) is 5.10 Å². The van der Waals surface area contributed by atoms with Gasteiger partial charge in [-0.05, 0) is 26.3 Å². The van der Waals surface area contributed by atoms with Gasteiger partial charge in [0, 0.05) is 13.1 Å². The standard InChI is InChI=1S/C17H22ClN3O2/c1-12(22)9-20(10-15-7-5-4-6-8-15)16(23)11-21-14(3)17(18)13(2)19-21/h4-8,12,22H,9-11H2,1-3H3/t12-/m1/s1. The van der Waals surface area contributed by atoms with Gasteiger partial charge in [-0.25, -0.2) is 0 Å². The molecule has 23 heavy (non-hydrogen) atoms. The Balaban J connectivity index is 2.14. The Kier molecular flexibility index (Phi) is 5.80. The molecule has 0 saturated carbocycles. The van der Waals surface area contributed by atoms with E-state index in [4.69, 9.17) is 11.6 Å². The molecular weight excluding hydrogens is 314 g/mol. The highest BCUT2D eigenvalue weighted by molar-refractivity contribution is 6.31. The number of nitrogens with zero attached hydrogens (tertiary/aromatic N) is 3. The summed E-state index contributed by atoms with van der Waals surface area (Å²) >= 11 is 6.13. The highest BCUT2D eigenvalue weighted by Gasteiger charge is 2.19. The summed E-state index contributed by atoms with van der Waals surface area (Å²) in [5.74, 6) is -0.1000. The molecule has 0 spiro atoms. The molecule has 1 atom stereocenters. The van der Waals surface area contributed by atoms with Crippen LogP contribution < -0.4 is 0 Å². The molecule has 1 heterocycles. The molecule has 1 aromatic heterocycles. The minimum Gasteiger partial charge on any atom is -0.392 e. The molecule has 0 aliphatic carbocycles. The number of aliphatic hydroxyl groups is 1. The average molecular weight is 336 g/mol. The number of halogens is 1. The molecule has 2 aromatic rings. The van der Waals surface area contributed by atoms with Crippen LogP contribution in [0, 0.1) is 13.8 Å². The zero-order valence-electron chi connectivity index (χ0n) is 13.7. The van der Waals surface area contributed by atoms with E-state index < -0.39 is 6.10 Å². The van der Waals surface area contributed by atoms with Crippen LogP contribution >= 0.6 is 11.6 Å². The minimum absolute atomic E-state index is 0.1000. The van der Waals surface area contributed by atoms with Crippen LogP contribution in [0.15, 0.2) is 30.3 Å². The van der Waals surface area contributed by atoms with Crippen LogP contribution in [0.4, 0.5) is 0 Å². The van der Waals surface area contributed by atoms with Gasteiger partial charge in [0.25, 0.3) is 0 Å². The molecule has 0 aliphatic rings. The Labute approximate surface area is 141 Å². The van der Waals surface area contributed by atoms with Crippen molar-refractivity contribution < 1.29 is 9.90 Å². The van der Waals surface area contributed by atoms with E-state index in [1.54, 1.807) is 16.5 Å². The number of hydrogen-bond acceptors (Lipinski definition) is 3. The number of rotatable bonds is 6. The van der Waals surface area contributed by atoms with Crippen LogP contribution in [0.25, 0.3) is 0 Å². The van der Waals surface area contributed by atoms with Gasteiger partial charge in [0.2, 0.25) is 5.91 Å². The number of carbonyl (C=O) groups is 1. The van der Waals surface area contributed by atoms with E-state index in [1.807, 2.05) is 44.2 Å². The van der Waals surface area contributed by atoms with Gasteiger partial charge < -0.3 is 10.0 Å². The highest BCUT2D eigenvalue weighted by atomic mass is 35.5. The van der Waals surface area contributed by atoms with E-state index in [-0.39, 0.29) is 19.0 Å².